The van der Waals surface area contributed by atoms with Crippen molar-refractivity contribution in [2.24, 2.45) is 5.73 Å². The minimum absolute atomic E-state index is 0.159. The number of hydrogen-bond donors (Lipinski definition) is 2. The summed E-state index contributed by atoms with van der Waals surface area (Å²) in [5.41, 5.74) is 7.93. The van der Waals surface area contributed by atoms with Crippen molar-refractivity contribution in [1.82, 2.24) is 0 Å². The van der Waals surface area contributed by atoms with Gasteiger partial charge in [-0.15, -0.1) is 0 Å². The van der Waals surface area contributed by atoms with Crippen LogP contribution in [0.2, 0.25) is 0 Å². The first-order valence-electron chi connectivity index (χ1n) is 8.22. The molecular formula is C20H25NO3. The van der Waals surface area contributed by atoms with E-state index in [-0.39, 0.29) is 19.1 Å². The Morgan fingerprint density at radius 1 is 1.12 bits per heavy atom. The molecule has 0 heterocycles. The summed E-state index contributed by atoms with van der Waals surface area (Å²) in [6, 6.07) is 18.0. The van der Waals surface area contributed by atoms with Crippen LogP contribution in [-0.4, -0.2) is 29.3 Å². The molecule has 2 aromatic carbocycles. The molecule has 2 aromatic rings. The SMILES string of the molecule is CCOC(=O)[C@](C)(O)CC(N)Cc1ccc(-c2ccccc2)cc1. The Bertz CT molecular complexity index is 650. The Morgan fingerprint density at radius 3 is 2.29 bits per heavy atom. The van der Waals surface area contributed by atoms with Gasteiger partial charge in [0.25, 0.3) is 0 Å². The first-order chi connectivity index (χ1) is 11.4. The lowest BCUT2D eigenvalue weighted by Crippen LogP contribution is -2.43. The van der Waals surface area contributed by atoms with Crippen LogP contribution in [-0.2, 0) is 16.0 Å². The second kappa shape index (κ2) is 8.08. The van der Waals surface area contributed by atoms with Crippen molar-refractivity contribution in [3.63, 3.8) is 0 Å². The van der Waals surface area contributed by atoms with Crippen molar-refractivity contribution in [2.45, 2.75) is 38.3 Å². The lowest BCUT2D eigenvalue weighted by molar-refractivity contribution is -0.164. The molecule has 2 atom stereocenters. The second-order valence-corrected chi connectivity index (χ2v) is 6.23. The average molecular weight is 327 g/mol. The maximum absolute atomic E-state index is 11.7. The lowest BCUT2D eigenvalue weighted by Gasteiger charge is -2.24. The molecule has 0 fully saturated rings. The number of hydrogen-bond acceptors (Lipinski definition) is 4. The van der Waals surface area contributed by atoms with E-state index in [1.807, 2.05) is 30.3 Å². The van der Waals surface area contributed by atoms with Crippen LogP contribution in [0.1, 0.15) is 25.8 Å². The normalized spacial score (nSPS) is 14.7. The van der Waals surface area contributed by atoms with Gasteiger partial charge in [0.2, 0.25) is 0 Å². The molecule has 0 saturated carbocycles. The smallest absolute Gasteiger partial charge is 0.337 e. The highest BCUT2D eigenvalue weighted by atomic mass is 16.5. The fourth-order valence-electron chi connectivity index (χ4n) is 2.72. The molecular weight excluding hydrogens is 302 g/mol. The third kappa shape index (κ3) is 4.91. The third-order valence-corrected chi connectivity index (χ3v) is 3.93. The monoisotopic (exact) mass is 327 g/mol. The molecule has 4 heteroatoms. The molecule has 0 aliphatic carbocycles. The first-order valence-corrected chi connectivity index (χ1v) is 8.22. The number of carbonyl (C=O) groups excluding carboxylic acids is 1. The Kier molecular flexibility index (Phi) is 6.12. The summed E-state index contributed by atoms with van der Waals surface area (Å²) in [6.07, 6.45) is 0.747. The molecule has 1 unspecified atom stereocenters. The van der Waals surface area contributed by atoms with E-state index in [4.69, 9.17) is 10.5 Å². The molecule has 0 aromatic heterocycles. The van der Waals surface area contributed by atoms with E-state index in [0.29, 0.717) is 6.42 Å². The van der Waals surface area contributed by atoms with E-state index < -0.39 is 11.6 Å². The molecule has 0 bridgehead atoms. The van der Waals surface area contributed by atoms with Crippen LogP contribution >= 0.6 is 0 Å². The Labute approximate surface area is 143 Å². The Morgan fingerprint density at radius 2 is 1.71 bits per heavy atom. The van der Waals surface area contributed by atoms with Crippen LogP contribution in [0.25, 0.3) is 11.1 Å². The largest absolute Gasteiger partial charge is 0.464 e. The van der Waals surface area contributed by atoms with E-state index in [1.54, 1.807) is 6.92 Å². The molecule has 0 aliphatic rings. The summed E-state index contributed by atoms with van der Waals surface area (Å²) < 4.78 is 4.88. The molecule has 24 heavy (non-hydrogen) atoms. The van der Waals surface area contributed by atoms with Crippen LogP contribution in [0.3, 0.4) is 0 Å². The third-order valence-electron chi connectivity index (χ3n) is 3.93. The minimum atomic E-state index is -1.56. The molecule has 0 amide bonds. The van der Waals surface area contributed by atoms with Gasteiger partial charge in [0.05, 0.1) is 6.61 Å². The summed E-state index contributed by atoms with van der Waals surface area (Å²) in [5, 5.41) is 10.2. The summed E-state index contributed by atoms with van der Waals surface area (Å²) >= 11 is 0. The van der Waals surface area contributed by atoms with Gasteiger partial charge in [0.15, 0.2) is 5.60 Å². The van der Waals surface area contributed by atoms with E-state index in [2.05, 4.69) is 24.3 Å². The predicted octanol–water partition coefficient (Wildman–Crippen LogP) is 2.93. The molecule has 0 saturated heterocycles. The molecule has 0 aliphatic heterocycles. The van der Waals surface area contributed by atoms with E-state index in [0.717, 1.165) is 11.1 Å². The van der Waals surface area contributed by atoms with E-state index in [9.17, 15) is 9.90 Å². The van der Waals surface area contributed by atoms with Crippen LogP contribution in [0.15, 0.2) is 54.6 Å². The number of nitrogens with two attached hydrogens (primary N) is 1. The van der Waals surface area contributed by atoms with Gasteiger partial charge < -0.3 is 15.6 Å². The fourth-order valence-corrected chi connectivity index (χ4v) is 2.72. The van der Waals surface area contributed by atoms with Crippen LogP contribution in [0.4, 0.5) is 0 Å². The quantitative estimate of drug-likeness (QED) is 0.767. The standard InChI is InChI=1S/C20H25NO3/c1-3-24-19(22)20(2,23)14-18(21)13-15-9-11-17(12-10-15)16-7-5-4-6-8-16/h4-12,18,23H,3,13-14,21H2,1-2H3/t18?,20-/m1/s1. The van der Waals surface area contributed by atoms with Crippen molar-refractivity contribution in [3.8, 4) is 11.1 Å². The van der Waals surface area contributed by atoms with Crippen LogP contribution in [0, 0.1) is 0 Å². The summed E-state index contributed by atoms with van der Waals surface area (Å²) in [7, 11) is 0. The number of benzene rings is 2. The van der Waals surface area contributed by atoms with E-state index >= 15 is 0 Å². The summed E-state index contributed by atoms with van der Waals surface area (Å²) in [4.78, 5) is 11.7. The van der Waals surface area contributed by atoms with Gasteiger partial charge in [-0.3, -0.25) is 0 Å². The molecule has 0 radical (unpaired) electrons. The molecule has 128 valence electrons. The fraction of sp³-hybridized carbons (Fsp3) is 0.350. The molecule has 2 rings (SSSR count). The number of rotatable bonds is 7. The number of ether oxygens (including phenoxy) is 1. The van der Waals surface area contributed by atoms with Crippen LogP contribution in [0.5, 0.6) is 0 Å². The van der Waals surface area contributed by atoms with Gasteiger partial charge in [-0.25, -0.2) is 4.79 Å². The highest BCUT2D eigenvalue weighted by Crippen LogP contribution is 2.21. The maximum atomic E-state index is 11.7. The highest BCUT2D eigenvalue weighted by molar-refractivity contribution is 5.78. The predicted molar refractivity (Wildman–Crippen MR) is 95.4 cm³/mol. The highest BCUT2D eigenvalue weighted by Gasteiger charge is 2.33. The van der Waals surface area contributed by atoms with Crippen molar-refractivity contribution in [1.29, 1.82) is 0 Å². The number of aliphatic hydroxyl groups is 1. The maximum Gasteiger partial charge on any atom is 0.337 e. The average Bonchev–Trinajstić information content (AvgIpc) is 2.56. The topological polar surface area (TPSA) is 72.5 Å². The van der Waals surface area contributed by atoms with Gasteiger partial charge in [0.1, 0.15) is 0 Å². The molecule has 0 spiro atoms. The van der Waals surface area contributed by atoms with Crippen LogP contribution < -0.4 is 5.73 Å². The van der Waals surface area contributed by atoms with Gasteiger partial charge in [-0.2, -0.15) is 0 Å². The zero-order valence-electron chi connectivity index (χ0n) is 14.2. The van der Waals surface area contributed by atoms with Crippen molar-refractivity contribution in [2.75, 3.05) is 6.61 Å². The van der Waals surface area contributed by atoms with Gasteiger partial charge in [0, 0.05) is 12.5 Å². The van der Waals surface area contributed by atoms with Gasteiger partial charge in [-0.1, -0.05) is 54.6 Å². The first kappa shape index (κ1) is 18.2. The zero-order chi connectivity index (χ0) is 17.6. The number of esters is 1. The molecule has 3 N–H and O–H groups in total. The molecule has 4 nitrogen and oxygen atoms in total. The Balaban J connectivity index is 1.97. The summed E-state index contributed by atoms with van der Waals surface area (Å²) in [5.74, 6) is -0.625. The number of carbonyl (C=O) groups is 1. The second-order valence-electron chi connectivity index (χ2n) is 6.23. The van der Waals surface area contributed by atoms with Crippen molar-refractivity contribution < 1.29 is 14.6 Å². The summed E-state index contributed by atoms with van der Waals surface area (Å²) in [6.45, 7) is 3.40. The minimum Gasteiger partial charge on any atom is -0.464 e. The van der Waals surface area contributed by atoms with Gasteiger partial charge >= 0.3 is 5.97 Å². The van der Waals surface area contributed by atoms with Crippen molar-refractivity contribution >= 4 is 5.97 Å². The van der Waals surface area contributed by atoms with E-state index in [1.165, 1.54) is 12.5 Å². The zero-order valence-corrected chi connectivity index (χ0v) is 14.2. The Hall–Kier alpha value is -2.17. The van der Waals surface area contributed by atoms with Gasteiger partial charge in [-0.05, 0) is 37.0 Å². The van der Waals surface area contributed by atoms with Crippen molar-refractivity contribution in [3.05, 3.63) is 60.2 Å². The lowest BCUT2D eigenvalue weighted by atomic mass is 9.93.